The van der Waals surface area contributed by atoms with Gasteiger partial charge >= 0.3 is 5.97 Å². The second-order valence-corrected chi connectivity index (χ2v) is 5.98. The van der Waals surface area contributed by atoms with Crippen molar-refractivity contribution in [1.29, 1.82) is 0 Å². The molecule has 4 heteroatoms. The van der Waals surface area contributed by atoms with Gasteiger partial charge in [-0.25, -0.2) is 0 Å². The van der Waals surface area contributed by atoms with Gasteiger partial charge in [0, 0.05) is 19.0 Å². The number of rotatable bonds is 5. The van der Waals surface area contributed by atoms with Crippen LogP contribution >= 0.6 is 0 Å². The lowest BCUT2D eigenvalue weighted by Gasteiger charge is -2.37. The predicted octanol–water partition coefficient (Wildman–Crippen LogP) is 2.63. The molecule has 0 bridgehead atoms. The highest BCUT2D eigenvalue weighted by atomic mass is 16.4. The van der Waals surface area contributed by atoms with Gasteiger partial charge in [0.2, 0.25) is 5.91 Å². The zero-order valence-electron chi connectivity index (χ0n) is 12.6. The van der Waals surface area contributed by atoms with Crippen LogP contribution in [0.25, 0.3) is 0 Å². The van der Waals surface area contributed by atoms with Crippen molar-refractivity contribution >= 4 is 11.9 Å². The molecule has 1 fully saturated rings. The van der Waals surface area contributed by atoms with Gasteiger partial charge in [-0.05, 0) is 18.3 Å². The quantitative estimate of drug-likeness (QED) is 0.834. The highest BCUT2D eigenvalue weighted by Gasteiger charge is 2.34. The number of piperidine rings is 1. The summed E-state index contributed by atoms with van der Waals surface area (Å²) in [5.41, 5.74) is 0. The van der Waals surface area contributed by atoms with Gasteiger partial charge < -0.3 is 10.0 Å². The van der Waals surface area contributed by atoms with Crippen LogP contribution in [0.2, 0.25) is 0 Å². The second-order valence-electron chi connectivity index (χ2n) is 5.98. The molecule has 3 atom stereocenters. The molecule has 0 saturated carbocycles. The summed E-state index contributed by atoms with van der Waals surface area (Å²) < 4.78 is 0. The number of nitrogens with zero attached hydrogens (tertiary/aromatic N) is 1. The number of aliphatic carboxylic acids is 1. The minimum absolute atomic E-state index is 0.00487. The fraction of sp³-hybridized carbons (Fsp3) is 0.867. The van der Waals surface area contributed by atoms with Gasteiger partial charge in [0.05, 0.1) is 5.92 Å². The molecule has 4 nitrogen and oxygen atoms in total. The van der Waals surface area contributed by atoms with Crippen LogP contribution in [0, 0.1) is 23.7 Å². The Balaban J connectivity index is 2.72. The second kappa shape index (κ2) is 6.92. The summed E-state index contributed by atoms with van der Waals surface area (Å²) in [6, 6.07) is 0. The molecule has 0 aromatic heterocycles. The monoisotopic (exact) mass is 269 g/mol. The molecule has 0 aromatic rings. The molecule has 1 N–H and O–H groups in total. The normalized spacial score (nSPS) is 25.4. The van der Waals surface area contributed by atoms with E-state index < -0.39 is 11.9 Å². The van der Waals surface area contributed by atoms with Crippen LogP contribution in [0.4, 0.5) is 0 Å². The van der Waals surface area contributed by atoms with Gasteiger partial charge in [0.25, 0.3) is 0 Å². The topological polar surface area (TPSA) is 57.6 Å². The Bertz CT molecular complexity index is 325. The molecule has 1 aliphatic heterocycles. The average Bonchev–Trinajstić information content (AvgIpc) is 2.38. The summed E-state index contributed by atoms with van der Waals surface area (Å²) >= 11 is 0. The summed E-state index contributed by atoms with van der Waals surface area (Å²) in [6.45, 7) is 9.30. The molecule has 110 valence electrons. The van der Waals surface area contributed by atoms with Crippen LogP contribution < -0.4 is 0 Å². The number of likely N-dealkylation sites (tertiary alicyclic amines) is 1. The maximum Gasteiger partial charge on any atom is 0.308 e. The lowest BCUT2D eigenvalue weighted by molar-refractivity contribution is -0.148. The first kappa shape index (κ1) is 16.0. The van der Waals surface area contributed by atoms with Crippen LogP contribution in [0.5, 0.6) is 0 Å². The standard InChI is InChI=1S/C15H27NO3/c1-5-12(6-2)11(4)14(17)16-8-10(3)7-13(9-16)15(18)19/h10-13H,5-9H2,1-4H3,(H,18,19). The molecule has 19 heavy (non-hydrogen) atoms. The van der Waals surface area contributed by atoms with Crippen molar-refractivity contribution in [3.05, 3.63) is 0 Å². The lowest BCUT2D eigenvalue weighted by atomic mass is 9.85. The Morgan fingerprint density at radius 3 is 2.32 bits per heavy atom. The molecule has 1 rings (SSSR count). The van der Waals surface area contributed by atoms with Crippen LogP contribution in [0.15, 0.2) is 0 Å². The van der Waals surface area contributed by atoms with E-state index in [-0.39, 0.29) is 17.7 Å². The number of carboxylic acid groups (broad SMARTS) is 1. The third-order valence-corrected chi connectivity index (χ3v) is 4.47. The Morgan fingerprint density at radius 1 is 1.26 bits per heavy atom. The summed E-state index contributed by atoms with van der Waals surface area (Å²) in [5, 5.41) is 9.16. The van der Waals surface area contributed by atoms with Gasteiger partial charge in [-0.1, -0.05) is 40.5 Å². The highest BCUT2D eigenvalue weighted by Crippen LogP contribution is 2.26. The van der Waals surface area contributed by atoms with Gasteiger partial charge in [-0.15, -0.1) is 0 Å². The molecule has 3 unspecified atom stereocenters. The zero-order chi connectivity index (χ0) is 14.6. The molecule has 0 spiro atoms. The number of carbonyl (C=O) groups excluding carboxylic acids is 1. The SMILES string of the molecule is CCC(CC)C(C)C(=O)N1CC(C)CC(C(=O)O)C1. The van der Waals surface area contributed by atoms with Gasteiger partial charge in [-0.2, -0.15) is 0 Å². The number of amides is 1. The highest BCUT2D eigenvalue weighted by molar-refractivity contribution is 5.80. The van der Waals surface area contributed by atoms with E-state index in [0.29, 0.717) is 25.4 Å². The Morgan fingerprint density at radius 2 is 1.84 bits per heavy atom. The molecule has 1 aliphatic rings. The first-order valence-electron chi connectivity index (χ1n) is 7.42. The van der Waals surface area contributed by atoms with Gasteiger partial charge in [-0.3, -0.25) is 9.59 Å². The van der Waals surface area contributed by atoms with Crippen molar-refractivity contribution < 1.29 is 14.7 Å². The van der Waals surface area contributed by atoms with E-state index in [1.165, 1.54) is 0 Å². The first-order chi connectivity index (χ1) is 8.90. The van der Waals surface area contributed by atoms with Crippen molar-refractivity contribution in [2.75, 3.05) is 13.1 Å². The third-order valence-electron chi connectivity index (χ3n) is 4.47. The number of carboxylic acids is 1. The van der Waals surface area contributed by atoms with E-state index in [1.807, 2.05) is 13.8 Å². The van der Waals surface area contributed by atoms with E-state index >= 15 is 0 Å². The Labute approximate surface area is 116 Å². The largest absolute Gasteiger partial charge is 0.481 e. The summed E-state index contributed by atoms with van der Waals surface area (Å²) in [6.07, 6.45) is 2.67. The zero-order valence-corrected chi connectivity index (χ0v) is 12.6. The van der Waals surface area contributed by atoms with Crippen molar-refractivity contribution in [3.8, 4) is 0 Å². The van der Waals surface area contributed by atoms with Gasteiger partial charge in [0.1, 0.15) is 0 Å². The third kappa shape index (κ3) is 3.95. The molecule has 0 aromatic carbocycles. The van der Waals surface area contributed by atoms with Crippen molar-refractivity contribution in [2.45, 2.75) is 47.0 Å². The molecular formula is C15H27NO3. The minimum atomic E-state index is -0.778. The van der Waals surface area contributed by atoms with Crippen LogP contribution in [0.1, 0.15) is 47.0 Å². The Kier molecular flexibility index (Phi) is 5.83. The molecule has 1 heterocycles. The fourth-order valence-corrected chi connectivity index (χ4v) is 3.20. The van der Waals surface area contributed by atoms with Crippen LogP contribution in [0.3, 0.4) is 0 Å². The smallest absolute Gasteiger partial charge is 0.308 e. The molecule has 1 saturated heterocycles. The number of hydrogen-bond acceptors (Lipinski definition) is 2. The van der Waals surface area contributed by atoms with Crippen LogP contribution in [-0.2, 0) is 9.59 Å². The average molecular weight is 269 g/mol. The molecular weight excluding hydrogens is 242 g/mol. The predicted molar refractivity (Wildman–Crippen MR) is 74.7 cm³/mol. The Hall–Kier alpha value is -1.06. The van der Waals surface area contributed by atoms with E-state index in [0.717, 1.165) is 12.8 Å². The maximum atomic E-state index is 12.5. The van der Waals surface area contributed by atoms with E-state index in [2.05, 4.69) is 13.8 Å². The minimum Gasteiger partial charge on any atom is -0.481 e. The van der Waals surface area contributed by atoms with E-state index in [4.69, 9.17) is 5.11 Å². The summed E-state index contributed by atoms with van der Waals surface area (Å²) in [7, 11) is 0. The van der Waals surface area contributed by atoms with E-state index in [1.54, 1.807) is 4.90 Å². The van der Waals surface area contributed by atoms with Crippen molar-refractivity contribution in [1.82, 2.24) is 4.90 Å². The van der Waals surface area contributed by atoms with Gasteiger partial charge in [0.15, 0.2) is 0 Å². The summed E-state index contributed by atoms with van der Waals surface area (Å²) in [4.78, 5) is 25.4. The van der Waals surface area contributed by atoms with Crippen molar-refractivity contribution in [2.24, 2.45) is 23.7 Å². The molecule has 1 amide bonds. The lowest BCUT2D eigenvalue weighted by Crippen LogP contribution is -2.48. The fourth-order valence-electron chi connectivity index (χ4n) is 3.20. The van der Waals surface area contributed by atoms with Crippen LogP contribution in [-0.4, -0.2) is 35.0 Å². The first-order valence-corrected chi connectivity index (χ1v) is 7.42. The molecule has 0 radical (unpaired) electrons. The molecule has 0 aliphatic carbocycles. The van der Waals surface area contributed by atoms with E-state index in [9.17, 15) is 9.59 Å². The maximum absolute atomic E-state index is 12.5. The number of carbonyl (C=O) groups is 2. The van der Waals surface area contributed by atoms with Crippen molar-refractivity contribution in [3.63, 3.8) is 0 Å². The summed E-state index contributed by atoms with van der Waals surface area (Å²) in [5.74, 6) is -0.386. The number of hydrogen-bond donors (Lipinski definition) is 1.